The van der Waals surface area contributed by atoms with Crippen molar-refractivity contribution in [3.8, 4) is 0 Å². The molecule has 2 N–H and O–H groups in total. The highest BCUT2D eigenvalue weighted by Gasteiger charge is 2.10. The third-order valence-corrected chi connectivity index (χ3v) is 2.80. The van der Waals surface area contributed by atoms with Crippen molar-refractivity contribution in [2.45, 2.75) is 26.7 Å². The molecule has 0 saturated heterocycles. The first-order chi connectivity index (χ1) is 9.24. The summed E-state index contributed by atoms with van der Waals surface area (Å²) in [7, 11) is 1.89. The molecular formula is C13H20N6. The van der Waals surface area contributed by atoms with Crippen molar-refractivity contribution < 1.29 is 0 Å². The van der Waals surface area contributed by atoms with Crippen LogP contribution in [0.3, 0.4) is 0 Å². The van der Waals surface area contributed by atoms with Crippen molar-refractivity contribution in [2.75, 3.05) is 17.2 Å². The Hall–Kier alpha value is -2.11. The summed E-state index contributed by atoms with van der Waals surface area (Å²) in [4.78, 5) is 8.62. The SMILES string of the molecule is CCCNc1ncnc(Nc2ccn(C)n2)c1CC. The van der Waals surface area contributed by atoms with Crippen molar-refractivity contribution in [3.63, 3.8) is 0 Å². The van der Waals surface area contributed by atoms with Gasteiger partial charge in [0, 0.05) is 31.4 Å². The maximum absolute atomic E-state index is 4.31. The monoisotopic (exact) mass is 260 g/mol. The summed E-state index contributed by atoms with van der Waals surface area (Å²) < 4.78 is 1.76. The molecule has 0 aliphatic heterocycles. The van der Waals surface area contributed by atoms with E-state index in [2.05, 4.69) is 39.5 Å². The van der Waals surface area contributed by atoms with Gasteiger partial charge in [-0.1, -0.05) is 13.8 Å². The Kier molecular flexibility index (Phi) is 4.33. The highest BCUT2D eigenvalue weighted by Crippen LogP contribution is 2.23. The van der Waals surface area contributed by atoms with Crippen LogP contribution in [0.1, 0.15) is 25.8 Å². The van der Waals surface area contributed by atoms with Crippen LogP contribution in [0.2, 0.25) is 0 Å². The Labute approximate surface area is 113 Å². The molecule has 0 atom stereocenters. The van der Waals surface area contributed by atoms with Gasteiger partial charge >= 0.3 is 0 Å². The number of rotatable bonds is 6. The molecular weight excluding hydrogens is 240 g/mol. The fraction of sp³-hybridized carbons (Fsp3) is 0.462. The lowest BCUT2D eigenvalue weighted by Crippen LogP contribution is -2.08. The Morgan fingerprint density at radius 1 is 1.21 bits per heavy atom. The number of nitrogens with one attached hydrogen (secondary N) is 2. The van der Waals surface area contributed by atoms with Gasteiger partial charge in [-0.2, -0.15) is 5.10 Å². The highest BCUT2D eigenvalue weighted by atomic mass is 15.3. The maximum Gasteiger partial charge on any atom is 0.153 e. The summed E-state index contributed by atoms with van der Waals surface area (Å²) in [6, 6.07) is 1.92. The van der Waals surface area contributed by atoms with Gasteiger partial charge in [0.2, 0.25) is 0 Å². The largest absolute Gasteiger partial charge is 0.370 e. The van der Waals surface area contributed by atoms with Crippen LogP contribution in [0.15, 0.2) is 18.6 Å². The first-order valence-electron chi connectivity index (χ1n) is 6.59. The van der Waals surface area contributed by atoms with Gasteiger partial charge in [0.1, 0.15) is 18.0 Å². The summed E-state index contributed by atoms with van der Waals surface area (Å²) in [6.45, 7) is 5.14. The van der Waals surface area contributed by atoms with Crippen LogP contribution in [0.4, 0.5) is 17.5 Å². The molecule has 0 unspecified atom stereocenters. The van der Waals surface area contributed by atoms with Crippen molar-refractivity contribution >= 4 is 17.5 Å². The molecule has 2 rings (SSSR count). The number of hydrogen-bond donors (Lipinski definition) is 2. The summed E-state index contributed by atoms with van der Waals surface area (Å²) in [5.74, 6) is 2.50. The predicted molar refractivity (Wildman–Crippen MR) is 76.7 cm³/mol. The van der Waals surface area contributed by atoms with Crippen LogP contribution in [-0.4, -0.2) is 26.3 Å². The van der Waals surface area contributed by atoms with E-state index in [-0.39, 0.29) is 0 Å². The number of anilines is 3. The topological polar surface area (TPSA) is 67.7 Å². The number of aryl methyl sites for hydroxylation is 1. The first-order valence-corrected chi connectivity index (χ1v) is 6.59. The standard InChI is InChI=1S/C13H20N6/c1-4-7-14-12-10(5-2)13(16-9-15-12)17-11-6-8-19(3)18-11/h6,8-9H,4-5,7H2,1-3H3,(H2,14,15,16,17,18). The molecule has 0 amide bonds. The molecule has 0 bridgehead atoms. The van der Waals surface area contributed by atoms with E-state index in [1.54, 1.807) is 11.0 Å². The van der Waals surface area contributed by atoms with Crippen molar-refractivity contribution in [2.24, 2.45) is 7.05 Å². The molecule has 6 nitrogen and oxygen atoms in total. The van der Waals surface area contributed by atoms with Crippen molar-refractivity contribution in [1.82, 2.24) is 19.7 Å². The van der Waals surface area contributed by atoms with E-state index in [0.717, 1.165) is 42.4 Å². The normalized spacial score (nSPS) is 10.5. The van der Waals surface area contributed by atoms with Crippen molar-refractivity contribution in [3.05, 3.63) is 24.2 Å². The molecule has 2 aromatic heterocycles. The molecule has 2 heterocycles. The van der Waals surface area contributed by atoms with E-state index in [0.29, 0.717) is 0 Å². The zero-order valence-corrected chi connectivity index (χ0v) is 11.6. The highest BCUT2D eigenvalue weighted by molar-refractivity contribution is 5.62. The van der Waals surface area contributed by atoms with Crippen LogP contribution in [0.25, 0.3) is 0 Å². The predicted octanol–water partition coefficient (Wildman–Crippen LogP) is 2.34. The third kappa shape index (κ3) is 3.21. The van der Waals surface area contributed by atoms with E-state index in [9.17, 15) is 0 Å². The van der Waals surface area contributed by atoms with Gasteiger partial charge in [-0.05, 0) is 12.8 Å². The molecule has 6 heteroatoms. The van der Waals surface area contributed by atoms with Gasteiger partial charge in [0.15, 0.2) is 5.82 Å². The number of hydrogen-bond acceptors (Lipinski definition) is 5. The Morgan fingerprint density at radius 2 is 2.00 bits per heavy atom. The van der Waals surface area contributed by atoms with Crippen LogP contribution >= 0.6 is 0 Å². The van der Waals surface area contributed by atoms with Gasteiger partial charge < -0.3 is 10.6 Å². The van der Waals surface area contributed by atoms with E-state index in [1.165, 1.54) is 0 Å². The molecule has 102 valence electrons. The van der Waals surface area contributed by atoms with Crippen LogP contribution < -0.4 is 10.6 Å². The fourth-order valence-electron chi connectivity index (χ4n) is 1.85. The lowest BCUT2D eigenvalue weighted by atomic mass is 10.2. The quantitative estimate of drug-likeness (QED) is 0.834. The number of nitrogens with zero attached hydrogens (tertiary/aromatic N) is 4. The molecule has 0 aromatic carbocycles. The average Bonchev–Trinajstić information content (AvgIpc) is 2.82. The molecule has 0 spiro atoms. The fourth-order valence-corrected chi connectivity index (χ4v) is 1.85. The zero-order valence-electron chi connectivity index (χ0n) is 11.6. The Bertz CT molecular complexity index is 534. The lowest BCUT2D eigenvalue weighted by molar-refractivity contribution is 0.771. The molecule has 0 fully saturated rings. The molecule has 0 saturated carbocycles. The minimum Gasteiger partial charge on any atom is -0.370 e. The minimum atomic E-state index is 0.789. The summed E-state index contributed by atoms with van der Waals surface area (Å²) in [6.07, 6.45) is 5.39. The second-order valence-corrected chi connectivity index (χ2v) is 4.33. The van der Waals surface area contributed by atoms with Crippen LogP contribution in [-0.2, 0) is 13.5 Å². The van der Waals surface area contributed by atoms with Crippen molar-refractivity contribution in [1.29, 1.82) is 0 Å². The van der Waals surface area contributed by atoms with Gasteiger partial charge in [-0.25, -0.2) is 9.97 Å². The maximum atomic E-state index is 4.31. The molecule has 19 heavy (non-hydrogen) atoms. The van der Waals surface area contributed by atoms with Crippen LogP contribution in [0, 0.1) is 0 Å². The number of aromatic nitrogens is 4. The van der Waals surface area contributed by atoms with Gasteiger partial charge in [0.05, 0.1) is 0 Å². The molecule has 2 aromatic rings. The average molecular weight is 260 g/mol. The third-order valence-electron chi connectivity index (χ3n) is 2.80. The molecule has 0 aliphatic rings. The van der Waals surface area contributed by atoms with E-state index in [1.807, 2.05) is 19.3 Å². The van der Waals surface area contributed by atoms with Gasteiger partial charge in [-0.3, -0.25) is 4.68 Å². The minimum absolute atomic E-state index is 0.789. The summed E-state index contributed by atoms with van der Waals surface area (Å²) in [5.41, 5.74) is 1.08. The summed E-state index contributed by atoms with van der Waals surface area (Å²) >= 11 is 0. The zero-order chi connectivity index (χ0) is 13.7. The Balaban J connectivity index is 2.24. The smallest absolute Gasteiger partial charge is 0.153 e. The van der Waals surface area contributed by atoms with E-state index in [4.69, 9.17) is 0 Å². The van der Waals surface area contributed by atoms with E-state index < -0.39 is 0 Å². The van der Waals surface area contributed by atoms with Crippen LogP contribution in [0.5, 0.6) is 0 Å². The second kappa shape index (κ2) is 6.17. The second-order valence-electron chi connectivity index (χ2n) is 4.33. The summed E-state index contributed by atoms with van der Waals surface area (Å²) in [5, 5.41) is 10.9. The van der Waals surface area contributed by atoms with Gasteiger partial charge in [-0.15, -0.1) is 0 Å². The lowest BCUT2D eigenvalue weighted by Gasteiger charge is -2.12. The molecule has 0 aliphatic carbocycles. The first kappa shape index (κ1) is 13.3. The van der Waals surface area contributed by atoms with E-state index >= 15 is 0 Å². The Morgan fingerprint density at radius 3 is 2.63 bits per heavy atom. The molecule has 0 radical (unpaired) electrons. The van der Waals surface area contributed by atoms with Gasteiger partial charge in [0.25, 0.3) is 0 Å².